The highest BCUT2D eigenvalue weighted by Gasteiger charge is 2.15. The van der Waals surface area contributed by atoms with E-state index in [0.29, 0.717) is 10.6 Å². The Labute approximate surface area is 120 Å². The van der Waals surface area contributed by atoms with Crippen LogP contribution < -0.4 is 5.32 Å². The standard InChI is InChI=1S/C14H14ClNO2S/c1-9-6-7-19-13(9)12(17)8-16-14(18)10-4-2-3-5-11(10)15/h2-7,12,17H,8H2,1H3,(H,16,18)/t12-/m1/s1. The van der Waals surface area contributed by atoms with Crippen LogP contribution in [0.1, 0.15) is 26.9 Å². The second-order valence-corrected chi connectivity index (χ2v) is 5.53. The molecule has 5 heteroatoms. The van der Waals surface area contributed by atoms with Gasteiger partial charge in [0.1, 0.15) is 6.10 Å². The first-order valence-electron chi connectivity index (χ1n) is 5.84. The molecule has 0 radical (unpaired) electrons. The SMILES string of the molecule is Cc1ccsc1[C@H](O)CNC(=O)c1ccccc1Cl. The zero-order valence-corrected chi connectivity index (χ0v) is 12.0. The van der Waals surface area contributed by atoms with Crippen LogP contribution in [0.4, 0.5) is 0 Å². The van der Waals surface area contributed by atoms with E-state index in [2.05, 4.69) is 5.32 Å². The third-order valence-corrected chi connectivity index (χ3v) is 4.23. The summed E-state index contributed by atoms with van der Waals surface area (Å²) in [7, 11) is 0. The zero-order valence-electron chi connectivity index (χ0n) is 10.4. The molecule has 0 saturated heterocycles. The summed E-state index contributed by atoms with van der Waals surface area (Å²) in [6, 6.07) is 8.78. The lowest BCUT2D eigenvalue weighted by Crippen LogP contribution is -2.28. The van der Waals surface area contributed by atoms with E-state index in [1.165, 1.54) is 11.3 Å². The zero-order chi connectivity index (χ0) is 13.8. The van der Waals surface area contributed by atoms with Crippen molar-refractivity contribution in [3.05, 3.63) is 56.7 Å². The highest BCUT2D eigenvalue weighted by molar-refractivity contribution is 7.10. The maximum Gasteiger partial charge on any atom is 0.252 e. The maximum atomic E-state index is 11.9. The lowest BCUT2D eigenvalue weighted by Gasteiger charge is -2.12. The Bertz CT molecular complexity index is 582. The van der Waals surface area contributed by atoms with Crippen LogP contribution in [0, 0.1) is 6.92 Å². The molecule has 2 aromatic rings. The molecule has 2 rings (SSSR count). The van der Waals surface area contributed by atoms with Crippen LogP contribution in [0.25, 0.3) is 0 Å². The molecule has 0 fully saturated rings. The summed E-state index contributed by atoms with van der Waals surface area (Å²) >= 11 is 7.42. The Balaban J connectivity index is 1.98. The van der Waals surface area contributed by atoms with Crippen LogP contribution in [0.3, 0.4) is 0 Å². The molecule has 0 bridgehead atoms. The van der Waals surface area contributed by atoms with Crippen LogP contribution in [-0.4, -0.2) is 17.6 Å². The van der Waals surface area contributed by atoms with E-state index in [4.69, 9.17) is 11.6 Å². The first kappa shape index (κ1) is 14.1. The molecule has 1 amide bonds. The van der Waals surface area contributed by atoms with Crippen molar-refractivity contribution in [2.24, 2.45) is 0 Å². The van der Waals surface area contributed by atoms with Gasteiger partial charge in [-0.15, -0.1) is 11.3 Å². The molecule has 1 aromatic heterocycles. The van der Waals surface area contributed by atoms with E-state index >= 15 is 0 Å². The molecule has 0 aliphatic rings. The Hall–Kier alpha value is -1.36. The number of hydrogen-bond donors (Lipinski definition) is 2. The van der Waals surface area contributed by atoms with E-state index in [9.17, 15) is 9.90 Å². The summed E-state index contributed by atoms with van der Waals surface area (Å²) in [5.41, 5.74) is 1.45. The van der Waals surface area contributed by atoms with Gasteiger partial charge >= 0.3 is 0 Å². The van der Waals surface area contributed by atoms with Crippen LogP contribution in [0.5, 0.6) is 0 Å². The number of benzene rings is 1. The fourth-order valence-corrected chi connectivity index (χ4v) is 2.88. The summed E-state index contributed by atoms with van der Waals surface area (Å²) in [6.45, 7) is 2.11. The molecular weight excluding hydrogens is 282 g/mol. The van der Waals surface area contributed by atoms with Crippen molar-refractivity contribution in [2.75, 3.05) is 6.54 Å². The second kappa shape index (κ2) is 6.19. The molecule has 19 heavy (non-hydrogen) atoms. The Morgan fingerprint density at radius 1 is 1.42 bits per heavy atom. The van der Waals surface area contributed by atoms with Crippen LogP contribution in [-0.2, 0) is 0 Å². The van der Waals surface area contributed by atoms with E-state index in [0.717, 1.165) is 10.4 Å². The smallest absolute Gasteiger partial charge is 0.252 e. The van der Waals surface area contributed by atoms with Crippen molar-refractivity contribution in [3.63, 3.8) is 0 Å². The first-order valence-corrected chi connectivity index (χ1v) is 7.10. The Morgan fingerprint density at radius 2 is 2.16 bits per heavy atom. The number of aliphatic hydroxyl groups excluding tert-OH is 1. The molecule has 0 unspecified atom stereocenters. The lowest BCUT2D eigenvalue weighted by atomic mass is 10.2. The van der Waals surface area contributed by atoms with Crippen molar-refractivity contribution < 1.29 is 9.90 Å². The number of hydrogen-bond acceptors (Lipinski definition) is 3. The van der Waals surface area contributed by atoms with Gasteiger partial charge in [0.05, 0.1) is 10.6 Å². The van der Waals surface area contributed by atoms with Crippen LogP contribution in [0.2, 0.25) is 5.02 Å². The quantitative estimate of drug-likeness (QED) is 0.910. The van der Waals surface area contributed by atoms with Gasteiger partial charge in [-0.25, -0.2) is 0 Å². The van der Waals surface area contributed by atoms with Gasteiger partial charge in [0.25, 0.3) is 5.91 Å². The normalized spacial score (nSPS) is 12.2. The van der Waals surface area contributed by atoms with Crippen LogP contribution in [0.15, 0.2) is 35.7 Å². The number of halogens is 1. The van der Waals surface area contributed by atoms with Gasteiger partial charge in [-0.3, -0.25) is 4.79 Å². The number of aliphatic hydroxyl groups is 1. The minimum absolute atomic E-state index is 0.172. The topological polar surface area (TPSA) is 49.3 Å². The Morgan fingerprint density at radius 3 is 2.79 bits per heavy atom. The van der Waals surface area contributed by atoms with Gasteiger partial charge in [0.2, 0.25) is 0 Å². The van der Waals surface area contributed by atoms with Crippen molar-refractivity contribution >= 4 is 28.8 Å². The van der Waals surface area contributed by atoms with Crippen molar-refractivity contribution in [2.45, 2.75) is 13.0 Å². The van der Waals surface area contributed by atoms with E-state index in [1.54, 1.807) is 24.3 Å². The number of rotatable bonds is 4. The molecule has 0 aliphatic carbocycles. The molecule has 2 N–H and O–H groups in total. The minimum atomic E-state index is -0.688. The van der Waals surface area contributed by atoms with Gasteiger partial charge in [-0.1, -0.05) is 23.7 Å². The number of amides is 1. The molecule has 0 saturated carbocycles. The number of carbonyl (C=O) groups excluding carboxylic acids is 1. The minimum Gasteiger partial charge on any atom is -0.386 e. The molecule has 0 spiro atoms. The highest BCUT2D eigenvalue weighted by Crippen LogP contribution is 2.23. The third kappa shape index (κ3) is 3.35. The van der Waals surface area contributed by atoms with E-state index in [-0.39, 0.29) is 12.5 Å². The number of nitrogens with one attached hydrogen (secondary N) is 1. The van der Waals surface area contributed by atoms with Crippen molar-refractivity contribution in [1.29, 1.82) is 0 Å². The maximum absolute atomic E-state index is 11.9. The molecule has 1 heterocycles. The molecule has 3 nitrogen and oxygen atoms in total. The second-order valence-electron chi connectivity index (χ2n) is 4.17. The lowest BCUT2D eigenvalue weighted by molar-refractivity contribution is 0.0918. The summed E-state index contributed by atoms with van der Waals surface area (Å²) in [4.78, 5) is 12.8. The van der Waals surface area contributed by atoms with Crippen molar-refractivity contribution in [1.82, 2.24) is 5.32 Å². The highest BCUT2D eigenvalue weighted by atomic mass is 35.5. The number of thiophene rings is 1. The molecular formula is C14H14ClNO2S. The predicted molar refractivity (Wildman–Crippen MR) is 77.8 cm³/mol. The van der Waals surface area contributed by atoms with E-state index < -0.39 is 6.10 Å². The summed E-state index contributed by atoms with van der Waals surface area (Å²) in [5.74, 6) is -0.279. The van der Waals surface area contributed by atoms with Gasteiger partial charge < -0.3 is 10.4 Å². The number of aryl methyl sites for hydroxylation is 1. The average molecular weight is 296 g/mol. The molecule has 100 valence electrons. The van der Waals surface area contributed by atoms with Gasteiger partial charge in [-0.05, 0) is 36.1 Å². The largest absolute Gasteiger partial charge is 0.386 e. The first-order chi connectivity index (χ1) is 9.09. The summed E-state index contributed by atoms with van der Waals surface area (Å²) < 4.78 is 0. The van der Waals surface area contributed by atoms with Gasteiger partial charge in [-0.2, -0.15) is 0 Å². The van der Waals surface area contributed by atoms with E-state index in [1.807, 2.05) is 18.4 Å². The van der Waals surface area contributed by atoms with Crippen molar-refractivity contribution in [3.8, 4) is 0 Å². The average Bonchev–Trinajstić information content (AvgIpc) is 2.82. The monoisotopic (exact) mass is 295 g/mol. The Kier molecular flexibility index (Phi) is 4.58. The van der Waals surface area contributed by atoms with Gasteiger partial charge in [0.15, 0.2) is 0 Å². The molecule has 1 atom stereocenters. The predicted octanol–water partition coefficient (Wildman–Crippen LogP) is 3.17. The molecule has 1 aromatic carbocycles. The summed E-state index contributed by atoms with van der Waals surface area (Å²) in [6.07, 6.45) is -0.688. The number of carbonyl (C=O) groups is 1. The summed E-state index contributed by atoms with van der Waals surface area (Å²) in [5, 5.41) is 15.0. The third-order valence-electron chi connectivity index (χ3n) is 2.78. The fraction of sp³-hybridized carbons (Fsp3) is 0.214. The van der Waals surface area contributed by atoms with Crippen LogP contribution >= 0.6 is 22.9 Å². The fourth-order valence-electron chi connectivity index (χ4n) is 1.75. The molecule has 0 aliphatic heterocycles. The van der Waals surface area contributed by atoms with Gasteiger partial charge in [0, 0.05) is 11.4 Å².